The second kappa shape index (κ2) is 8.63. The number of nitrogens with zero attached hydrogens (tertiary/aromatic N) is 4. The smallest absolute Gasteiger partial charge is 0.351 e. The van der Waals surface area contributed by atoms with E-state index >= 15 is 0 Å². The van der Waals surface area contributed by atoms with Gasteiger partial charge < -0.3 is 9.47 Å². The predicted molar refractivity (Wildman–Crippen MR) is 95.3 cm³/mol. The van der Waals surface area contributed by atoms with Gasteiger partial charge in [-0.3, -0.25) is 0 Å². The minimum absolute atomic E-state index is 0.345. The Balaban J connectivity index is 1.36. The van der Waals surface area contributed by atoms with Crippen LogP contribution in [0.2, 0.25) is 0 Å². The third-order valence-corrected chi connectivity index (χ3v) is 6.16. The van der Waals surface area contributed by atoms with Crippen LogP contribution in [-0.2, 0) is 9.47 Å². The SMILES string of the molecule is Cc1nnsc1C(=O)OCC1CCC(COC(=O)c2snnc2C)CC1. The Labute approximate surface area is 159 Å². The van der Waals surface area contributed by atoms with E-state index in [0.29, 0.717) is 46.2 Å². The van der Waals surface area contributed by atoms with Crippen LogP contribution in [0.15, 0.2) is 0 Å². The van der Waals surface area contributed by atoms with Crippen molar-refractivity contribution in [3.63, 3.8) is 0 Å². The topological polar surface area (TPSA) is 104 Å². The van der Waals surface area contributed by atoms with Gasteiger partial charge in [-0.25, -0.2) is 9.59 Å². The van der Waals surface area contributed by atoms with Crippen molar-refractivity contribution in [2.45, 2.75) is 39.5 Å². The van der Waals surface area contributed by atoms with Gasteiger partial charge in [0, 0.05) is 0 Å². The summed E-state index contributed by atoms with van der Waals surface area (Å²) >= 11 is 2.12. The zero-order chi connectivity index (χ0) is 18.5. The van der Waals surface area contributed by atoms with Crippen LogP contribution in [0.3, 0.4) is 0 Å². The lowest BCUT2D eigenvalue weighted by Crippen LogP contribution is -2.24. The number of aryl methyl sites for hydroxylation is 2. The Morgan fingerprint density at radius 3 is 1.54 bits per heavy atom. The molecule has 3 rings (SSSR count). The number of rotatable bonds is 6. The molecular formula is C16H20N4O4S2. The molecule has 0 spiro atoms. The van der Waals surface area contributed by atoms with Crippen LogP contribution in [0.25, 0.3) is 0 Å². The number of ether oxygens (including phenoxy) is 2. The van der Waals surface area contributed by atoms with Gasteiger partial charge in [0.25, 0.3) is 0 Å². The van der Waals surface area contributed by atoms with Crippen LogP contribution in [0.1, 0.15) is 56.4 Å². The average molecular weight is 396 g/mol. The normalized spacial score (nSPS) is 19.9. The highest BCUT2D eigenvalue weighted by Crippen LogP contribution is 2.30. The largest absolute Gasteiger partial charge is 0.461 e. The van der Waals surface area contributed by atoms with Crippen LogP contribution in [-0.4, -0.2) is 44.3 Å². The van der Waals surface area contributed by atoms with Gasteiger partial charge in [0.1, 0.15) is 0 Å². The number of hydrogen-bond acceptors (Lipinski definition) is 10. The molecule has 1 aliphatic carbocycles. The molecule has 140 valence electrons. The van der Waals surface area contributed by atoms with E-state index in [4.69, 9.17) is 9.47 Å². The maximum absolute atomic E-state index is 12.0. The maximum Gasteiger partial charge on any atom is 0.351 e. The highest BCUT2D eigenvalue weighted by atomic mass is 32.1. The zero-order valence-corrected chi connectivity index (χ0v) is 16.3. The fourth-order valence-electron chi connectivity index (χ4n) is 2.92. The van der Waals surface area contributed by atoms with E-state index in [2.05, 4.69) is 19.2 Å². The molecule has 8 nitrogen and oxygen atoms in total. The lowest BCUT2D eigenvalue weighted by atomic mass is 9.83. The first-order chi connectivity index (χ1) is 12.5. The van der Waals surface area contributed by atoms with Crippen molar-refractivity contribution in [3.05, 3.63) is 21.1 Å². The van der Waals surface area contributed by atoms with E-state index in [9.17, 15) is 9.59 Å². The molecule has 0 atom stereocenters. The standard InChI is InChI=1S/C16H20N4O4S2/c1-9-13(25-19-17-9)15(21)23-7-11-3-5-12(6-4-11)8-24-16(22)14-10(2)18-20-26-14/h11-12H,3-8H2,1-2H3. The van der Waals surface area contributed by atoms with Crippen molar-refractivity contribution in [2.75, 3.05) is 13.2 Å². The van der Waals surface area contributed by atoms with Crippen molar-refractivity contribution >= 4 is 35.0 Å². The minimum atomic E-state index is -0.345. The second-order valence-electron chi connectivity index (χ2n) is 6.46. The number of carbonyl (C=O) groups is 2. The Hall–Kier alpha value is -1.94. The fraction of sp³-hybridized carbons (Fsp3) is 0.625. The van der Waals surface area contributed by atoms with Crippen molar-refractivity contribution in [2.24, 2.45) is 11.8 Å². The summed E-state index contributed by atoms with van der Waals surface area (Å²) in [5.74, 6) is 0.00392. The molecule has 2 aromatic rings. The van der Waals surface area contributed by atoms with Gasteiger partial charge in [-0.05, 0) is 74.4 Å². The Kier molecular flexibility index (Phi) is 6.25. The summed E-state index contributed by atoms with van der Waals surface area (Å²) in [6.45, 7) is 4.32. The van der Waals surface area contributed by atoms with E-state index in [1.54, 1.807) is 13.8 Å². The highest BCUT2D eigenvalue weighted by molar-refractivity contribution is 7.08. The first kappa shape index (κ1) is 18.8. The molecule has 0 aromatic carbocycles. The summed E-state index contributed by atoms with van der Waals surface area (Å²) in [6, 6.07) is 0. The minimum Gasteiger partial charge on any atom is -0.461 e. The maximum atomic E-state index is 12.0. The first-order valence-electron chi connectivity index (χ1n) is 8.46. The van der Waals surface area contributed by atoms with Gasteiger partial charge in [-0.2, -0.15) is 0 Å². The van der Waals surface area contributed by atoms with Crippen LogP contribution in [0.5, 0.6) is 0 Å². The molecule has 1 saturated carbocycles. The molecule has 1 fully saturated rings. The number of esters is 2. The Bertz CT molecular complexity index is 704. The summed E-state index contributed by atoms with van der Waals surface area (Å²) in [4.78, 5) is 24.9. The third kappa shape index (κ3) is 4.61. The lowest BCUT2D eigenvalue weighted by Gasteiger charge is -2.27. The van der Waals surface area contributed by atoms with Gasteiger partial charge >= 0.3 is 11.9 Å². The van der Waals surface area contributed by atoms with Crippen molar-refractivity contribution in [1.82, 2.24) is 19.2 Å². The van der Waals surface area contributed by atoms with Gasteiger partial charge in [0.2, 0.25) is 0 Å². The van der Waals surface area contributed by atoms with E-state index in [-0.39, 0.29) is 11.9 Å². The van der Waals surface area contributed by atoms with Crippen LogP contribution in [0.4, 0.5) is 0 Å². The van der Waals surface area contributed by atoms with E-state index < -0.39 is 0 Å². The van der Waals surface area contributed by atoms with Gasteiger partial charge in [0.15, 0.2) is 9.75 Å². The predicted octanol–water partition coefficient (Wildman–Crippen LogP) is 2.83. The van der Waals surface area contributed by atoms with Crippen LogP contribution < -0.4 is 0 Å². The Morgan fingerprint density at radius 2 is 1.23 bits per heavy atom. The van der Waals surface area contributed by atoms with E-state index in [1.165, 1.54) is 0 Å². The summed E-state index contributed by atoms with van der Waals surface area (Å²) in [5, 5.41) is 7.64. The molecule has 0 aliphatic heterocycles. The molecule has 2 aromatic heterocycles. The van der Waals surface area contributed by atoms with Crippen LogP contribution in [0, 0.1) is 25.7 Å². The van der Waals surface area contributed by atoms with Crippen molar-refractivity contribution in [1.29, 1.82) is 0 Å². The number of hydrogen-bond donors (Lipinski definition) is 0. The van der Waals surface area contributed by atoms with Gasteiger partial charge in [-0.15, -0.1) is 10.2 Å². The number of aromatic nitrogens is 4. The summed E-state index contributed by atoms with van der Waals surface area (Å²) < 4.78 is 18.3. The molecule has 10 heteroatoms. The molecule has 1 aliphatic rings. The molecule has 0 bridgehead atoms. The summed E-state index contributed by atoms with van der Waals surface area (Å²) in [6.07, 6.45) is 3.82. The third-order valence-electron chi connectivity index (χ3n) is 4.54. The number of carbonyl (C=O) groups excluding carboxylic acids is 2. The molecule has 0 saturated heterocycles. The van der Waals surface area contributed by atoms with E-state index in [0.717, 1.165) is 48.7 Å². The molecule has 0 N–H and O–H groups in total. The fourth-order valence-corrected chi connectivity index (χ4v) is 4.02. The Morgan fingerprint density at radius 1 is 0.846 bits per heavy atom. The van der Waals surface area contributed by atoms with Crippen molar-refractivity contribution in [3.8, 4) is 0 Å². The zero-order valence-electron chi connectivity index (χ0n) is 14.6. The first-order valence-corrected chi connectivity index (χ1v) is 10.0. The van der Waals surface area contributed by atoms with Gasteiger partial charge in [0.05, 0.1) is 24.6 Å². The summed E-state index contributed by atoms with van der Waals surface area (Å²) in [7, 11) is 0. The molecule has 2 heterocycles. The lowest BCUT2D eigenvalue weighted by molar-refractivity contribution is 0.0301. The van der Waals surface area contributed by atoms with E-state index in [1.807, 2.05) is 0 Å². The molecule has 0 radical (unpaired) electrons. The van der Waals surface area contributed by atoms with Gasteiger partial charge in [-0.1, -0.05) is 8.98 Å². The van der Waals surface area contributed by atoms with Crippen molar-refractivity contribution < 1.29 is 19.1 Å². The molecule has 26 heavy (non-hydrogen) atoms. The average Bonchev–Trinajstić information content (AvgIpc) is 3.26. The molecule has 0 amide bonds. The second-order valence-corrected chi connectivity index (χ2v) is 7.97. The molecule has 0 unspecified atom stereocenters. The van der Waals surface area contributed by atoms with Crippen LogP contribution >= 0.6 is 23.1 Å². The quantitative estimate of drug-likeness (QED) is 0.687. The highest BCUT2D eigenvalue weighted by Gasteiger charge is 2.25. The monoisotopic (exact) mass is 396 g/mol. The summed E-state index contributed by atoms with van der Waals surface area (Å²) in [5.41, 5.74) is 1.22. The molecular weight excluding hydrogens is 376 g/mol.